The van der Waals surface area contributed by atoms with E-state index in [9.17, 15) is 0 Å². The predicted molar refractivity (Wildman–Crippen MR) is 75.2 cm³/mol. The number of nitrogens with zero attached hydrogens (tertiary/aromatic N) is 4. The van der Waals surface area contributed by atoms with Gasteiger partial charge < -0.3 is 4.74 Å². The molecule has 0 unspecified atom stereocenters. The Balaban J connectivity index is 2.09. The lowest BCUT2D eigenvalue weighted by molar-refractivity contribution is 0.291. The minimum Gasteiger partial charge on any atom is -0.487 e. The molecule has 0 aliphatic heterocycles. The molecule has 2 aromatic rings. The Hall–Kier alpha value is -2.35. The second kappa shape index (κ2) is 6.71. The van der Waals surface area contributed by atoms with Gasteiger partial charge in [-0.2, -0.15) is 5.26 Å². The quantitative estimate of drug-likeness (QED) is 0.809. The van der Waals surface area contributed by atoms with Crippen LogP contribution in [0.5, 0.6) is 5.75 Å². The average Bonchev–Trinajstić information content (AvgIpc) is 2.88. The summed E-state index contributed by atoms with van der Waals surface area (Å²) in [6.45, 7) is 5.22. The van der Waals surface area contributed by atoms with Crippen molar-refractivity contribution in [2.45, 2.75) is 39.8 Å². The summed E-state index contributed by atoms with van der Waals surface area (Å²) in [5, 5.41) is 16.9. The van der Waals surface area contributed by atoms with Crippen molar-refractivity contribution < 1.29 is 4.74 Å². The van der Waals surface area contributed by atoms with Gasteiger partial charge in [0.15, 0.2) is 5.69 Å². The van der Waals surface area contributed by atoms with Gasteiger partial charge in [-0.25, -0.2) is 4.68 Å². The normalized spacial score (nSPS) is 10.2. The number of hydrogen-bond donors (Lipinski definition) is 0. The van der Waals surface area contributed by atoms with Gasteiger partial charge in [0.2, 0.25) is 0 Å². The SMILES string of the molecule is CCCn1nnc(C#N)c1COc1ccc(CC)cc1. The van der Waals surface area contributed by atoms with Gasteiger partial charge in [-0.3, -0.25) is 0 Å². The van der Waals surface area contributed by atoms with Crippen molar-refractivity contribution in [3.8, 4) is 11.8 Å². The highest BCUT2D eigenvalue weighted by atomic mass is 16.5. The zero-order chi connectivity index (χ0) is 14.4. The van der Waals surface area contributed by atoms with E-state index in [1.807, 2.05) is 24.3 Å². The van der Waals surface area contributed by atoms with Crippen LogP contribution in [0.3, 0.4) is 0 Å². The van der Waals surface area contributed by atoms with E-state index in [1.54, 1.807) is 4.68 Å². The monoisotopic (exact) mass is 270 g/mol. The van der Waals surface area contributed by atoms with Crippen molar-refractivity contribution in [3.05, 3.63) is 41.2 Å². The van der Waals surface area contributed by atoms with Crippen LogP contribution in [-0.2, 0) is 19.6 Å². The zero-order valence-electron chi connectivity index (χ0n) is 11.8. The molecule has 0 fully saturated rings. The molecule has 5 nitrogen and oxygen atoms in total. The Morgan fingerprint density at radius 1 is 1.25 bits per heavy atom. The van der Waals surface area contributed by atoms with Gasteiger partial charge >= 0.3 is 0 Å². The van der Waals surface area contributed by atoms with Crippen LogP contribution in [-0.4, -0.2) is 15.0 Å². The van der Waals surface area contributed by atoms with E-state index >= 15 is 0 Å². The topological polar surface area (TPSA) is 63.7 Å². The molecular formula is C15H18N4O. The maximum atomic E-state index is 9.04. The maximum absolute atomic E-state index is 9.04. The number of benzene rings is 1. The number of ether oxygens (including phenoxy) is 1. The molecule has 20 heavy (non-hydrogen) atoms. The van der Waals surface area contributed by atoms with Crippen LogP contribution in [0.15, 0.2) is 24.3 Å². The van der Waals surface area contributed by atoms with Crippen molar-refractivity contribution in [1.29, 1.82) is 5.26 Å². The second-order valence-corrected chi connectivity index (χ2v) is 4.51. The van der Waals surface area contributed by atoms with E-state index in [4.69, 9.17) is 10.00 Å². The van der Waals surface area contributed by atoms with Crippen LogP contribution in [0.1, 0.15) is 37.2 Å². The van der Waals surface area contributed by atoms with Crippen molar-refractivity contribution in [1.82, 2.24) is 15.0 Å². The van der Waals surface area contributed by atoms with Gasteiger partial charge in [0.25, 0.3) is 0 Å². The molecule has 0 bridgehead atoms. The van der Waals surface area contributed by atoms with Crippen molar-refractivity contribution in [2.24, 2.45) is 0 Å². The third-order valence-corrected chi connectivity index (χ3v) is 3.09. The van der Waals surface area contributed by atoms with Gasteiger partial charge in [0, 0.05) is 6.54 Å². The van der Waals surface area contributed by atoms with Crippen LogP contribution < -0.4 is 4.74 Å². The Labute approximate surface area is 118 Å². The van der Waals surface area contributed by atoms with Crippen LogP contribution in [0, 0.1) is 11.3 Å². The predicted octanol–water partition coefficient (Wildman–Crippen LogP) is 2.70. The summed E-state index contributed by atoms with van der Waals surface area (Å²) in [7, 11) is 0. The van der Waals surface area contributed by atoms with Crippen LogP contribution in [0.4, 0.5) is 0 Å². The first-order valence-electron chi connectivity index (χ1n) is 6.82. The molecule has 0 saturated carbocycles. The number of rotatable bonds is 6. The Morgan fingerprint density at radius 2 is 2.00 bits per heavy atom. The highest BCUT2D eigenvalue weighted by Crippen LogP contribution is 2.15. The molecule has 0 radical (unpaired) electrons. The number of hydrogen-bond acceptors (Lipinski definition) is 4. The van der Waals surface area contributed by atoms with E-state index < -0.39 is 0 Å². The molecule has 1 aromatic heterocycles. The first-order valence-corrected chi connectivity index (χ1v) is 6.82. The van der Waals surface area contributed by atoms with Crippen molar-refractivity contribution >= 4 is 0 Å². The third-order valence-electron chi connectivity index (χ3n) is 3.09. The Morgan fingerprint density at radius 3 is 2.60 bits per heavy atom. The Kier molecular flexibility index (Phi) is 4.72. The van der Waals surface area contributed by atoms with E-state index in [-0.39, 0.29) is 0 Å². The molecular weight excluding hydrogens is 252 g/mol. The lowest BCUT2D eigenvalue weighted by atomic mass is 10.2. The first-order chi connectivity index (χ1) is 9.78. The molecule has 0 aliphatic carbocycles. The second-order valence-electron chi connectivity index (χ2n) is 4.51. The first kappa shape index (κ1) is 14.1. The van der Waals surface area contributed by atoms with Gasteiger partial charge in [0.1, 0.15) is 24.1 Å². The summed E-state index contributed by atoms with van der Waals surface area (Å²) in [6.07, 6.45) is 1.94. The summed E-state index contributed by atoms with van der Waals surface area (Å²) in [6, 6.07) is 10.0. The number of aryl methyl sites for hydroxylation is 2. The Bertz CT molecular complexity index is 595. The highest BCUT2D eigenvalue weighted by Gasteiger charge is 2.12. The van der Waals surface area contributed by atoms with Crippen LogP contribution in [0.25, 0.3) is 0 Å². The number of nitriles is 1. The minimum atomic E-state index is 0.307. The van der Waals surface area contributed by atoms with Gasteiger partial charge in [-0.05, 0) is 30.5 Å². The molecule has 5 heteroatoms. The standard InChI is InChI=1S/C15H18N4O/c1-3-9-19-15(14(10-16)17-18-19)11-20-13-7-5-12(4-2)6-8-13/h5-8H,3-4,9,11H2,1-2H3. The van der Waals surface area contributed by atoms with Crippen LogP contribution >= 0.6 is 0 Å². The number of aromatic nitrogens is 3. The average molecular weight is 270 g/mol. The zero-order valence-corrected chi connectivity index (χ0v) is 11.8. The van der Waals surface area contributed by atoms with E-state index in [2.05, 4.69) is 30.2 Å². The third kappa shape index (κ3) is 3.15. The van der Waals surface area contributed by atoms with Crippen molar-refractivity contribution in [3.63, 3.8) is 0 Å². The summed E-state index contributed by atoms with van der Waals surface area (Å²) in [5.41, 5.74) is 2.34. The lowest BCUT2D eigenvalue weighted by Gasteiger charge is -2.08. The largest absolute Gasteiger partial charge is 0.487 e. The molecule has 0 amide bonds. The molecule has 104 valence electrons. The summed E-state index contributed by atoms with van der Waals surface area (Å²) >= 11 is 0. The molecule has 0 spiro atoms. The van der Waals surface area contributed by atoms with E-state index in [0.717, 1.165) is 30.8 Å². The molecule has 0 N–H and O–H groups in total. The molecule has 0 saturated heterocycles. The van der Waals surface area contributed by atoms with E-state index in [1.165, 1.54) is 5.56 Å². The summed E-state index contributed by atoms with van der Waals surface area (Å²) in [4.78, 5) is 0. The van der Waals surface area contributed by atoms with Crippen LogP contribution in [0.2, 0.25) is 0 Å². The minimum absolute atomic E-state index is 0.307. The van der Waals surface area contributed by atoms with Crippen molar-refractivity contribution in [2.75, 3.05) is 0 Å². The smallest absolute Gasteiger partial charge is 0.189 e. The fourth-order valence-electron chi connectivity index (χ4n) is 1.93. The lowest BCUT2D eigenvalue weighted by Crippen LogP contribution is -2.08. The fourth-order valence-corrected chi connectivity index (χ4v) is 1.93. The van der Waals surface area contributed by atoms with Gasteiger partial charge in [0.05, 0.1) is 0 Å². The summed E-state index contributed by atoms with van der Waals surface area (Å²) < 4.78 is 7.46. The van der Waals surface area contributed by atoms with Gasteiger partial charge in [-0.1, -0.05) is 31.2 Å². The fraction of sp³-hybridized carbons (Fsp3) is 0.400. The molecule has 2 rings (SSSR count). The maximum Gasteiger partial charge on any atom is 0.189 e. The molecule has 0 atom stereocenters. The van der Waals surface area contributed by atoms with E-state index in [0.29, 0.717) is 12.3 Å². The molecule has 1 heterocycles. The molecule has 1 aromatic carbocycles. The highest BCUT2D eigenvalue weighted by molar-refractivity contribution is 5.28. The summed E-state index contributed by atoms with van der Waals surface area (Å²) in [5.74, 6) is 0.787. The van der Waals surface area contributed by atoms with Gasteiger partial charge in [-0.15, -0.1) is 5.10 Å². The molecule has 0 aliphatic rings.